The Balaban J connectivity index is -0.00000000314. The van der Waals surface area contributed by atoms with E-state index >= 15 is 0 Å². The van der Waals surface area contributed by atoms with Gasteiger partial charge in [-0.3, -0.25) is 0 Å². The molecule has 0 heterocycles. The van der Waals surface area contributed by atoms with Gasteiger partial charge >= 0.3 is 128 Å². The van der Waals surface area contributed by atoms with Crippen LogP contribution in [0.15, 0.2) is 0 Å². The monoisotopic (exact) mass is 460 g/mol. The largest absolute Gasteiger partial charge is 2.00 e. The minimum atomic E-state index is -5.39. The van der Waals surface area contributed by atoms with Gasteiger partial charge in [0.2, 0.25) is 0 Å². The fraction of sp³-hybridized carbons (Fsp3) is 0. The van der Waals surface area contributed by atoms with E-state index in [0.29, 0.717) is 0 Å². The molecule has 0 aliphatic carbocycles. The van der Waals surface area contributed by atoms with Crippen molar-refractivity contribution in [1.82, 2.24) is 0 Å². The van der Waals surface area contributed by atoms with Gasteiger partial charge in [-0.05, 0) is 0 Å². The summed E-state index contributed by atoms with van der Waals surface area (Å²) in [6.45, 7) is 0. The summed E-state index contributed by atoms with van der Waals surface area (Å²) in [7, 11) is -10.8. The van der Waals surface area contributed by atoms with E-state index in [0.717, 1.165) is 0 Å². The van der Waals surface area contributed by atoms with E-state index in [9.17, 15) is 0 Å². The van der Waals surface area contributed by atoms with Crippen LogP contribution in [-0.2, 0) is 67.6 Å². The quantitative estimate of drug-likeness (QED) is 0.251. The average Bonchev–Trinajstić information content (AvgIpc) is 1.12. The second-order valence-corrected chi connectivity index (χ2v) is 2.68. The first-order valence-electron chi connectivity index (χ1n) is 1.46. The van der Waals surface area contributed by atoms with Crippen molar-refractivity contribution in [3.8, 4) is 0 Å². The molecule has 8 nitrogen and oxygen atoms in total. The zero-order valence-electron chi connectivity index (χ0n) is 14.4. The molecule has 0 N–H and O–H groups in total. The van der Waals surface area contributed by atoms with Crippen LogP contribution in [0.3, 0.4) is 0 Å². The molecule has 16 heavy (non-hydrogen) atoms. The van der Waals surface area contributed by atoms with Crippen molar-refractivity contribution in [1.29, 1.82) is 0 Å². The first kappa shape index (κ1) is 49.9. The van der Waals surface area contributed by atoms with Crippen LogP contribution in [0, 0.1) is 0 Å². The number of rotatable bonds is 0. The predicted octanol–water partition coefficient (Wildman–Crippen LogP) is -6.12. The standard InChI is InChI=1S/3Mg.2H3O4P.3Zn.6H/c;;;2*1-5(2,3)4;;;;;;;;;/h;;;2*(H3,1,2,3,4);;;;;;;;;/q3*+2;;;3*+2;6*-1/p-6. The molecule has 0 amide bonds. The Morgan fingerprint density at radius 2 is 0.562 bits per heavy atom. The van der Waals surface area contributed by atoms with E-state index in [-0.39, 0.29) is 136 Å². The van der Waals surface area contributed by atoms with E-state index in [1.54, 1.807) is 0 Å². The van der Waals surface area contributed by atoms with Crippen LogP contribution in [0.5, 0.6) is 0 Å². The van der Waals surface area contributed by atoms with Crippen LogP contribution in [0.2, 0.25) is 0 Å². The molecule has 0 aromatic carbocycles. The first-order valence-corrected chi connectivity index (χ1v) is 4.38. The Hall–Kier alpha value is 4.39. The SMILES string of the molecule is O=P([O-])([O-])[O-].O=P([O-])([O-])[O-].[H-].[H-].[H-].[H-].[H-].[H-].[Mg+2].[Mg+2].[Mg+2].[Zn+2].[Zn+2].[Zn+2]. The summed E-state index contributed by atoms with van der Waals surface area (Å²) in [5.41, 5.74) is 0. The Kier molecular flexibility index (Phi) is 76.2. The van der Waals surface area contributed by atoms with E-state index in [2.05, 4.69) is 0 Å². The molecule has 0 unspecified atom stereocenters. The van der Waals surface area contributed by atoms with Gasteiger partial charge in [-0.2, -0.15) is 15.6 Å². The van der Waals surface area contributed by atoms with Crippen LogP contribution in [0.4, 0.5) is 0 Å². The third-order valence-corrected chi connectivity index (χ3v) is 0. The number of hydrogen-bond donors (Lipinski definition) is 0. The van der Waals surface area contributed by atoms with Crippen molar-refractivity contribution in [3.63, 3.8) is 0 Å². The predicted molar refractivity (Wildman–Crippen MR) is 39.1 cm³/mol. The molecular weight excluding hydrogens is 459 g/mol. The minimum Gasteiger partial charge on any atom is -1.00 e. The van der Waals surface area contributed by atoms with Crippen LogP contribution < -0.4 is 29.4 Å². The van der Waals surface area contributed by atoms with Gasteiger partial charge in [-0.15, -0.1) is 0 Å². The molecule has 0 saturated heterocycles. The van der Waals surface area contributed by atoms with E-state index in [4.69, 9.17) is 38.5 Å². The van der Waals surface area contributed by atoms with Crippen molar-refractivity contribution >= 4 is 84.8 Å². The molecule has 0 radical (unpaired) electrons. The van der Waals surface area contributed by atoms with Crippen LogP contribution in [-0.4, -0.2) is 69.2 Å². The summed E-state index contributed by atoms with van der Waals surface area (Å²) >= 11 is 0. The Labute approximate surface area is 188 Å². The summed E-state index contributed by atoms with van der Waals surface area (Å²) in [6.07, 6.45) is 0. The second-order valence-electron chi connectivity index (χ2n) is 0.894. The fourth-order valence-corrected chi connectivity index (χ4v) is 0. The minimum absolute atomic E-state index is 0. The van der Waals surface area contributed by atoms with Gasteiger partial charge in [0.25, 0.3) is 0 Å². The van der Waals surface area contributed by atoms with Crippen LogP contribution in [0.25, 0.3) is 0 Å². The molecule has 0 aliphatic rings. The summed E-state index contributed by atoms with van der Waals surface area (Å²) in [4.78, 5) is 51.3. The van der Waals surface area contributed by atoms with Crippen molar-refractivity contribution in [2.24, 2.45) is 0 Å². The maximum Gasteiger partial charge on any atom is 2.00 e. The topological polar surface area (TPSA) is 172 Å². The van der Waals surface area contributed by atoms with Crippen molar-refractivity contribution in [3.05, 3.63) is 0 Å². The zero-order valence-corrected chi connectivity index (χ0v) is 23.3. The molecule has 16 heteroatoms. The van der Waals surface area contributed by atoms with Gasteiger partial charge in [0.1, 0.15) is 0 Å². The summed E-state index contributed by atoms with van der Waals surface area (Å²) in [5.74, 6) is 0. The zero-order chi connectivity index (χ0) is 9.00. The van der Waals surface area contributed by atoms with E-state index < -0.39 is 15.6 Å². The molecule has 0 rings (SSSR count). The van der Waals surface area contributed by atoms with Crippen LogP contribution >= 0.6 is 15.6 Å². The number of hydrogen-bond acceptors (Lipinski definition) is 8. The Morgan fingerprint density at radius 1 is 0.562 bits per heavy atom. The van der Waals surface area contributed by atoms with Gasteiger partial charge in [0.05, 0.1) is 0 Å². The second kappa shape index (κ2) is 24.4. The van der Waals surface area contributed by atoms with Crippen molar-refractivity contribution in [2.45, 2.75) is 0 Å². The smallest absolute Gasteiger partial charge is 1.00 e. The Bertz CT molecular complexity index is 159. The van der Waals surface area contributed by atoms with Crippen LogP contribution in [0.1, 0.15) is 8.56 Å². The summed E-state index contributed by atoms with van der Waals surface area (Å²) in [5, 5.41) is 0. The molecule has 0 bridgehead atoms. The summed E-state index contributed by atoms with van der Waals surface area (Å²) < 4.78 is 17.1. The van der Waals surface area contributed by atoms with Crippen molar-refractivity contribution < 1.29 is 105 Å². The first-order chi connectivity index (χ1) is 4.00. The average molecular weight is 465 g/mol. The molecule has 0 saturated carbocycles. The molecule has 0 aromatic heterocycles. The fourth-order valence-electron chi connectivity index (χ4n) is 0. The third-order valence-electron chi connectivity index (χ3n) is 0. The maximum atomic E-state index is 8.55. The van der Waals surface area contributed by atoms with E-state index in [1.165, 1.54) is 0 Å². The summed E-state index contributed by atoms with van der Waals surface area (Å²) in [6, 6.07) is 0. The molecule has 0 fully saturated rings. The maximum absolute atomic E-state index is 8.55. The third kappa shape index (κ3) is 289. The molecule has 0 atom stereocenters. The van der Waals surface area contributed by atoms with Gasteiger partial charge in [-0.25, -0.2) is 0 Å². The molecular formula is H6Mg3O8P2Zn3. The Morgan fingerprint density at radius 3 is 0.562 bits per heavy atom. The number of phosphoric acid groups is 2. The molecule has 0 aliphatic heterocycles. The molecule has 0 spiro atoms. The van der Waals surface area contributed by atoms with Gasteiger partial charge in [0.15, 0.2) is 0 Å². The normalized spacial score (nSPS) is 7.38. The van der Waals surface area contributed by atoms with Gasteiger partial charge in [0, 0.05) is 0 Å². The molecule has 76 valence electrons. The van der Waals surface area contributed by atoms with Gasteiger partial charge < -0.3 is 47.1 Å². The van der Waals surface area contributed by atoms with Gasteiger partial charge in [-0.1, -0.05) is 0 Å². The van der Waals surface area contributed by atoms with Crippen molar-refractivity contribution in [2.75, 3.05) is 0 Å². The molecule has 0 aromatic rings. The van der Waals surface area contributed by atoms with E-state index in [1.807, 2.05) is 0 Å².